The molecule has 2 saturated heterocycles. The van der Waals surface area contributed by atoms with Gasteiger partial charge in [0.2, 0.25) is 0 Å². The zero-order valence-electron chi connectivity index (χ0n) is 16.7. The minimum atomic E-state index is -1.23. The lowest BCUT2D eigenvalue weighted by molar-refractivity contribution is -0.173. The van der Waals surface area contributed by atoms with E-state index in [0.29, 0.717) is 12.8 Å². The van der Waals surface area contributed by atoms with Crippen molar-refractivity contribution in [3.05, 3.63) is 34.9 Å². The van der Waals surface area contributed by atoms with E-state index >= 15 is 0 Å². The minimum Gasteiger partial charge on any atom is -0.437 e. The maximum atomic E-state index is 12.7. The average Bonchev–Trinajstić information content (AvgIpc) is 2.88. The van der Waals surface area contributed by atoms with Gasteiger partial charge >= 0.3 is 6.09 Å². The van der Waals surface area contributed by atoms with Crippen LogP contribution in [0.25, 0.3) is 0 Å². The molecule has 6 heteroatoms. The van der Waals surface area contributed by atoms with Crippen molar-refractivity contribution in [3.63, 3.8) is 0 Å². The summed E-state index contributed by atoms with van der Waals surface area (Å²) in [5.74, 6) is 0. The van der Waals surface area contributed by atoms with Crippen LogP contribution in [0.4, 0.5) is 4.79 Å². The number of halogens is 1. The van der Waals surface area contributed by atoms with Crippen LogP contribution in [0.5, 0.6) is 0 Å². The van der Waals surface area contributed by atoms with Gasteiger partial charge in [0.15, 0.2) is 11.3 Å². The van der Waals surface area contributed by atoms with Gasteiger partial charge in [-0.2, -0.15) is 0 Å². The van der Waals surface area contributed by atoms with Crippen LogP contribution in [0.3, 0.4) is 0 Å². The van der Waals surface area contributed by atoms with Crippen LogP contribution in [0, 0.1) is 0 Å². The van der Waals surface area contributed by atoms with Gasteiger partial charge in [-0.15, -0.1) is 0 Å². The number of piperidine rings is 1. The van der Waals surface area contributed by atoms with Crippen molar-refractivity contribution in [1.29, 1.82) is 0 Å². The van der Waals surface area contributed by atoms with E-state index < -0.39 is 11.3 Å². The molecule has 1 aromatic carbocycles. The standard InChI is InChI=1S/C22H31ClN2O3/c1-21(27)22(28-20(26)25(21)19-5-3-2-4-6-19)12-15-24(16-13-22)14-11-17-7-9-18(23)10-8-17/h7-10,19,27H,2-6,11-16H2,1H3. The van der Waals surface area contributed by atoms with Gasteiger partial charge in [0.1, 0.15) is 0 Å². The third kappa shape index (κ3) is 3.64. The van der Waals surface area contributed by atoms with Gasteiger partial charge in [0.05, 0.1) is 0 Å². The van der Waals surface area contributed by atoms with Crippen molar-refractivity contribution in [2.24, 2.45) is 0 Å². The molecule has 4 rings (SSSR count). The van der Waals surface area contributed by atoms with Crippen LogP contribution in [-0.4, -0.2) is 58.0 Å². The van der Waals surface area contributed by atoms with Gasteiger partial charge in [-0.3, -0.25) is 4.90 Å². The highest BCUT2D eigenvalue weighted by molar-refractivity contribution is 6.30. The first-order valence-corrected chi connectivity index (χ1v) is 11.0. The number of rotatable bonds is 4. The van der Waals surface area contributed by atoms with Crippen LogP contribution in [0.1, 0.15) is 57.4 Å². The molecule has 2 aliphatic heterocycles. The highest BCUT2D eigenvalue weighted by atomic mass is 35.5. The van der Waals surface area contributed by atoms with Crippen LogP contribution in [0.2, 0.25) is 5.02 Å². The van der Waals surface area contributed by atoms with Gasteiger partial charge in [-0.05, 0) is 43.9 Å². The number of carbonyl (C=O) groups is 1. The largest absolute Gasteiger partial charge is 0.437 e. The minimum absolute atomic E-state index is 0.110. The fourth-order valence-corrected chi connectivity index (χ4v) is 5.33. The van der Waals surface area contributed by atoms with Gasteiger partial charge in [0, 0.05) is 43.5 Å². The molecule has 2 heterocycles. The summed E-state index contributed by atoms with van der Waals surface area (Å²) in [6, 6.07) is 8.10. The molecule has 1 aromatic rings. The molecule has 0 radical (unpaired) electrons. The Kier molecular flexibility index (Phi) is 5.60. The molecule has 3 fully saturated rings. The van der Waals surface area contributed by atoms with E-state index in [1.54, 1.807) is 11.8 Å². The summed E-state index contributed by atoms with van der Waals surface area (Å²) in [6.07, 6.45) is 7.39. The van der Waals surface area contributed by atoms with Crippen LogP contribution in [0.15, 0.2) is 24.3 Å². The number of nitrogens with zero attached hydrogens (tertiary/aromatic N) is 2. The van der Waals surface area contributed by atoms with Crippen molar-refractivity contribution in [1.82, 2.24) is 9.80 Å². The Balaban J connectivity index is 1.37. The van der Waals surface area contributed by atoms with Gasteiger partial charge in [-0.25, -0.2) is 4.79 Å². The molecule has 0 bridgehead atoms. The van der Waals surface area contributed by atoms with Gasteiger partial charge < -0.3 is 14.7 Å². The Labute approximate surface area is 172 Å². The third-order valence-corrected chi connectivity index (χ3v) is 7.30. The first-order chi connectivity index (χ1) is 13.4. The summed E-state index contributed by atoms with van der Waals surface area (Å²) in [7, 11) is 0. The predicted molar refractivity (Wildman–Crippen MR) is 109 cm³/mol. The molecule has 154 valence electrons. The van der Waals surface area contributed by atoms with E-state index in [4.69, 9.17) is 16.3 Å². The third-order valence-electron chi connectivity index (χ3n) is 7.05. The number of amides is 1. The molecule has 1 aliphatic carbocycles. The summed E-state index contributed by atoms with van der Waals surface area (Å²) in [5.41, 5.74) is -0.736. The zero-order chi connectivity index (χ0) is 19.8. The molecule has 1 saturated carbocycles. The summed E-state index contributed by atoms with van der Waals surface area (Å²) in [4.78, 5) is 16.8. The molecule has 1 spiro atoms. The second-order valence-corrected chi connectivity index (χ2v) is 9.20. The number of hydrogen-bond acceptors (Lipinski definition) is 4. The number of likely N-dealkylation sites (tertiary alicyclic amines) is 1. The molecule has 0 aromatic heterocycles. The molecule has 28 heavy (non-hydrogen) atoms. The number of ether oxygens (including phenoxy) is 1. The van der Waals surface area contributed by atoms with Gasteiger partial charge in [0.25, 0.3) is 0 Å². The molecular weight excluding hydrogens is 376 g/mol. The van der Waals surface area contributed by atoms with Crippen molar-refractivity contribution >= 4 is 17.7 Å². The lowest BCUT2D eigenvalue weighted by Gasteiger charge is -2.46. The van der Waals surface area contributed by atoms with Crippen LogP contribution >= 0.6 is 11.6 Å². The van der Waals surface area contributed by atoms with Crippen molar-refractivity contribution in [2.45, 2.75) is 75.7 Å². The summed E-state index contributed by atoms with van der Waals surface area (Å²) >= 11 is 5.96. The summed E-state index contributed by atoms with van der Waals surface area (Å²) in [5, 5.41) is 12.2. The number of carbonyl (C=O) groups excluding carboxylic acids is 1. The Hall–Kier alpha value is -1.30. The highest BCUT2D eigenvalue weighted by Gasteiger charge is 2.63. The smallest absolute Gasteiger partial charge is 0.413 e. The Bertz CT molecular complexity index is 692. The first-order valence-electron chi connectivity index (χ1n) is 10.6. The molecule has 1 amide bonds. The van der Waals surface area contributed by atoms with Crippen LogP contribution < -0.4 is 0 Å². The Morgan fingerprint density at radius 2 is 1.79 bits per heavy atom. The van der Waals surface area contributed by atoms with Crippen molar-refractivity contribution in [2.75, 3.05) is 19.6 Å². The lowest BCUT2D eigenvalue weighted by Crippen LogP contribution is -2.62. The Morgan fingerprint density at radius 3 is 2.43 bits per heavy atom. The number of hydrogen-bond donors (Lipinski definition) is 1. The fourth-order valence-electron chi connectivity index (χ4n) is 5.21. The number of benzene rings is 1. The Morgan fingerprint density at radius 1 is 1.14 bits per heavy atom. The molecule has 1 atom stereocenters. The lowest BCUT2D eigenvalue weighted by atomic mass is 9.80. The monoisotopic (exact) mass is 406 g/mol. The second kappa shape index (κ2) is 7.85. The topological polar surface area (TPSA) is 53.0 Å². The van der Waals surface area contributed by atoms with Crippen molar-refractivity contribution in [3.8, 4) is 0 Å². The maximum absolute atomic E-state index is 12.7. The zero-order valence-corrected chi connectivity index (χ0v) is 17.5. The fraction of sp³-hybridized carbons (Fsp3) is 0.682. The average molecular weight is 407 g/mol. The van der Waals surface area contributed by atoms with Crippen LogP contribution in [-0.2, 0) is 11.2 Å². The number of aliphatic hydroxyl groups is 1. The molecule has 5 nitrogen and oxygen atoms in total. The maximum Gasteiger partial charge on any atom is 0.413 e. The SMILES string of the molecule is CC1(O)N(C2CCCCC2)C(=O)OC12CCN(CCc1ccc(Cl)cc1)CC2. The molecule has 1 N–H and O–H groups in total. The highest BCUT2D eigenvalue weighted by Crippen LogP contribution is 2.47. The summed E-state index contributed by atoms with van der Waals surface area (Å²) in [6.45, 7) is 4.40. The van der Waals surface area contributed by atoms with E-state index in [-0.39, 0.29) is 12.1 Å². The van der Waals surface area contributed by atoms with E-state index in [1.165, 1.54) is 12.0 Å². The first kappa shape index (κ1) is 20.0. The van der Waals surface area contributed by atoms with E-state index in [9.17, 15) is 9.90 Å². The van der Waals surface area contributed by atoms with E-state index in [2.05, 4.69) is 17.0 Å². The quantitative estimate of drug-likeness (QED) is 0.813. The molecular formula is C22H31ClN2O3. The second-order valence-electron chi connectivity index (χ2n) is 8.76. The van der Waals surface area contributed by atoms with E-state index in [1.807, 2.05) is 12.1 Å². The van der Waals surface area contributed by atoms with Gasteiger partial charge in [-0.1, -0.05) is 43.0 Å². The summed E-state index contributed by atoms with van der Waals surface area (Å²) < 4.78 is 5.89. The molecule has 3 aliphatic rings. The molecule has 1 unspecified atom stereocenters. The normalized spacial score (nSPS) is 28.7. The van der Waals surface area contributed by atoms with Crippen molar-refractivity contribution < 1.29 is 14.6 Å². The van der Waals surface area contributed by atoms with E-state index in [0.717, 1.165) is 56.8 Å². The predicted octanol–water partition coefficient (Wildman–Crippen LogP) is 4.21.